The Bertz CT molecular complexity index is 884. The summed E-state index contributed by atoms with van der Waals surface area (Å²) < 4.78 is 24.8. The molecule has 24 heavy (non-hydrogen) atoms. The fourth-order valence-corrected chi connectivity index (χ4v) is 2.24. The van der Waals surface area contributed by atoms with Gasteiger partial charge in [0.05, 0.1) is 7.11 Å². The molecule has 0 amide bonds. The minimum atomic E-state index is -0.322. The number of rotatable bonds is 4. The Labute approximate surface area is 138 Å². The van der Waals surface area contributed by atoms with E-state index in [9.17, 15) is 4.39 Å². The maximum Gasteiger partial charge on any atom is 0.246 e. The number of nitrogen functional groups attached to an aromatic ring is 1. The molecular formula is C18H16FN3O2. The van der Waals surface area contributed by atoms with Crippen LogP contribution in [0, 0.1) is 12.7 Å². The number of methoxy groups -OCH3 is 1. The van der Waals surface area contributed by atoms with E-state index in [1.165, 1.54) is 12.4 Å². The third-order valence-electron chi connectivity index (χ3n) is 3.57. The van der Waals surface area contributed by atoms with Gasteiger partial charge < -0.3 is 15.2 Å². The zero-order valence-electron chi connectivity index (χ0n) is 13.3. The van der Waals surface area contributed by atoms with E-state index in [1.54, 1.807) is 38.3 Å². The molecular weight excluding hydrogens is 309 g/mol. The highest BCUT2D eigenvalue weighted by molar-refractivity contribution is 5.76. The zero-order chi connectivity index (χ0) is 17.1. The van der Waals surface area contributed by atoms with Gasteiger partial charge >= 0.3 is 0 Å². The van der Waals surface area contributed by atoms with Crippen molar-refractivity contribution < 1.29 is 13.9 Å². The highest BCUT2D eigenvalue weighted by Gasteiger charge is 2.14. The topological polar surface area (TPSA) is 70.3 Å². The van der Waals surface area contributed by atoms with Crippen LogP contribution >= 0.6 is 0 Å². The number of halogens is 1. The second kappa shape index (κ2) is 6.54. The minimum Gasteiger partial charge on any atom is -0.493 e. The van der Waals surface area contributed by atoms with Crippen molar-refractivity contribution in [3.05, 3.63) is 60.2 Å². The van der Waals surface area contributed by atoms with E-state index in [4.69, 9.17) is 15.2 Å². The van der Waals surface area contributed by atoms with Crippen molar-refractivity contribution in [3.8, 4) is 28.6 Å². The van der Waals surface area contributed by atoms with Gasteiger partial charge in [0.25, 0.3) is 0 Å². The summed E-state index contributed by atoms with van der Waals surface area (Å²) in [6, 6.07) is 12.0. The molecule has 0 atom stereocenters. The molecule has 6 heteroatoms. The van der Waals surface area contributed by atoms with Crippen LogP contribution in [0.25, 0.3) is 11.3 Å². The van der Waals surface area contributed by atoms with Crippen molar-refractivity contribution >= 4 is 5.69 Å². The molecule has 0 saturated heterocycles. The number of para-hydroxylation sites is 2. The molecule has 1 aromatic heterocycles. The quantitative estimate of drug-likeness (QED) is 0.786. The molecule has 0 unspecified atom stereocenters. The van der Waals surface area contributed by atoms with Crippen molar-refractivity contribution in [1.82, 2.24) is 9.97 Å². The zero-order valence-corrected chi connectivity index (χ0v) is 13.3. The van der Waals surface area contributed by atoms with Crippen LogP contribution in [0.3, 0.4) is 0 Å². The van der Waals surface area contributed by atoms with Gasteiger partial charge in [-0.2, -0.15) is 4.98 Å². The Kier molecular flexibility index (Phi) is 4.29. The van der Waals surface area contributed by atoms with Gasteiger partial charge in [-0.15, -0.1) is 0 Å². The Balaban J connectivity index is 2.00. The Morgan fingerprint density at radius 1 is 1.04 bits per heavy atom. The molecule has 0 aliphatic carbocycles. The van der Waals surface area contributed by atoms with Crippen molar-refractivity contribution in [1.29, 1.82) is 0 Å². The monoisotopic (exact) mass is 325 g/mol. The van der Waals surface area contributed by atoms with Crippen molar-refractivity contribution in [2.24, 2.45) is 0 Å². The number of hydrogen-bond donors (Lipinski definition) is 1. The lowest BCUT2D eigenvalue weighted by molar-refractivity contribution is 0.374. The first-order valence-corrected chi connectivity index (χ1v) is 7.28. The molecule has 0 bridgehead atoms. The smallest absolute Gasteiger partial charge is 0.246 e. The number of benzene rings is 2. The van der Waals surface area contributed by atoms with E-state index in [0.29, 0.717) is 28.3 Å². The van der Waals surface area contributed by atoms with E-state index < -0.39 is 0 Å². The molecule has 0 saturated carbocycles. The average Bonchev–Trinajstić information content (AvgIpc) is 2.60. The van der Waals surface area contributed by atoms with E-state index >= 15 is 0 Å². The van der Waals surface area contributed by atoms with Gasteiger partial charge in [-0.1, -0.05) is 24.3 Å². The van der Waals surface area contributed by atoms with Crippen LogP contribution in [0.1, 0.15) is 5.56 Å². The second-order valence-electron chi connectivity index (χ2n) is 5.16. The third kappa shape index (κ3) is 2.99. The van der Waals surface area contributed by atoms with Crippen molar-refractivity contribution in [2.75, 3.05) is 12.8 Å². The summed E-state index contributed by atoms with van der Waals surface area (Å²) in [5, 5.41) is 0. The standard InChI is InChI=1S/C18H16FN3O2/c1-11-7-8-12(9-13(11)19)17-16(20)18(22-10-21-17)24-15-6-4-3-5-14(15)23-2/h3-10H,20H2,1-2H3. The van der Waals surface area contributed by atoms with Gasteiger partial charge in [0.2, 0.25) is 5.88 Å². The highest BCUT2D eigenvalue weighted by Crippen LogP contribution is 2.36. The molecule has 2 N–H and O–H groups in total. The van der Waals surface area contributed by atoms with Crippen LogP contribution in [0.4, 0.5) is 10.1 Å². The van der Waals surface area contributed by atoms with Crippen molar-refractivity contribution in [2.45, 2.75) is 6.92 Å². The molecule has 0 spiro atoms. The SMILES string of the molecule is COc1ccccc1Oc1ncnc(-c2ccc(C)c(F)c2)c1N. The molecule has 122 valence electrons. The summed E-state index contributed by atoms with van der Waals surface area (Å²) in [7, 11) is 1.55. The minimum absolute atomic E-state index is 0.186. The van der Waals surface area contributed by atoms with Crippen LogP contribution in [-0.4, -0.2) is 17.1 Å². The molecule has 1 heterocycles. The number of nitrogens with zero attached hydrogens (tertiary/aromatic N) is 2. The van der Waals surface area contributed by atoms with Gasteiger partial charge in [-0.25, -0.2) is 9.37 Å². The summed E-state index contributed by atoms with van der Waals surface area (Å²) in [6.07, 6.45) is 1.33. The van der Waals surface area contributed by atoms with Gasteiger partial charge in [0, 0.05) is 5.56 Å². The molecule has 0 aliphatic rings. The van der Waals surface area contributed by atoms with Gasteiger partial charge in [0.15, 0.2) is 11.5 Å². The summed E-state index contributed by atoms with van der Waals surface area (Å²) >= 11 is 0. The number of anilines is 1. The normalized spacial score (nSPS) is 10.5. The summed E-state index contributed by atoms with van der Waals surface area (Å²) in [5.74, 6) is 0.896. The van der Waals surface area contributed by atoms with E-state index in [1.807, 2.05) is 12.1 Å². The number of aryl methyl sites for hydroxylation is 1. The van der Waals surface area contributed by atoms with Gasteiger partial charge in [0.1, 0.15) is 23.5 Å². The highest BCUT2D eigenvalue weighted by atomic mass is 19.1. The lowest BCUT2D eigenvalue weighted by Gasteiger charge is -2.12. The first kappa shape index (κ1) is 15.7. The summed E-state index contributed by atoms with van der Waals surface area (Å²) in [6.45, 7) is 1.69. The lowest BCUT2D eigenvalue weighted by Crippen LogP contribution is -2.01. The fourth-order valence-electron chi connectivity index (χ4n) is 2.24. The van der Waals surface area contributed by atoms with E-state index in [2.05, 4.69) is 9.97 Å². The molecule has 3 aromatic rings. The van der Waals surface area contributed by atoms with E-state index in [-0.39, 0.29) is 17.4 Å². The lowest BCUT2D eigenvalue weighted by atomic mass is 10.1. The first-order valence-electron chi connectivity index (χ1n) is 7.28. The fraction of sp³-hybridized carbons (Fsp3) is 0.111. The Hall–Kier alpha value is -3.15. The predicted molar refractivity (Wildman–Crippen MR) is 89.6 cm³/mol. The predicted octanol–water partition coefficient (Wildman–Crippen LogP) is 3.97. The first-order chi connectivity index (χ1) is 11.6. The van der Waals surface area contributed by atoms with Crippen LogP contribution in [0.15, 0.2) is 48.8 Å². The average molecular weight is 325 g/mol. The van der Waals surface area contributed by atoms with E-state index in [0.717, 1.165) is 0 Å². The number of nitrogens with two attached hydrogens (primary N) is 1. The third-order valence-corrected chi connectivity index (χ3v) is 3.57. The van der Waals surface area contributed by atoms with Crippen LogP contribution < -0.4 is 15.2 Å². The molecule has 0 aliphatic heterocycles. The molecule has 5 nitrogen and oxygen atoms in total. The maximum absolute atomic E-state index is 13.8. The Morgan fingerprint density at radius 3 is 2.50 bits per heavy atom. The summed E-state index contributed by atoms with van der Waals surface area (Å²) in [4.78, 5) is 8.22. The second-order valence-corrected chi connectivity index (χ2v) is 5.16. The molecule has 3 rings (SSSR count). The number of hydrogen-bond acceptors (Lipinski definition) is 5. The van der Waals surface area contributed by atoms with Gasteiger partial charge in [-0.3, -0.25) is 0 Å². The largest absolute Gasteiger partial charge is 0.493 e. The van der Waals surface area contributed by atoms with Crippen LogP contribution in [-0.2, 0) is 0 Å². The molecule has 0 radical (unpaired) electrons. The van der Waals surface area contributed by atoms with Crippen LogP contribution in [0.2, 0.25) is 0 Å². The van der Waals surface area contributed by atoms with Gasteiger partial charge in [-0.05, 0) is 30.7 Å². The molecule has 0 fully saturated rings. The Morgan fingerprint density at radius 2 is 1.79 bits per heavy atom. The maximum atomic E-state index is 13.8. The number of aromatic nitrogens is 2. The molecule has 2 aromatic carbocycles. The summed E-state index contributed by atoms with van der Waals surface area (Å²) in [5.41, 5.74) is 7.88. The number of ether oxygens (including phenoxy) is 2. The van der Waals surface area contributed by atoms with Crippen LogP contribution in [0.5, 0.6) is 17.4 Å². The van der Waals surface area contributed by atoms with Crippen molar-refractivity contribution in [3.63, 3.8) is 0 Å².